The van der Waals surface area contributed by atoms with Gasteiger partial charge in [0.2, 0.25) is 0 Å². The number of benzene rings is 1. The highest BCUT2D eigenvalue weighted by molar-refractivity contribution is 6.43. The molecule has 0 radical (unpaired) electrons. The van der Waals surface area contributed by atoms with Gasteiger partial charge in [0.25, 0.3) is 0 Å². The molecule has 0 saturated carbocycles. The molecule has 0 fully saturated rings. The SMILES string of the molecule is CCn1cnc(-c2cccc(Cl)c2Cl)c1N. The quantitative estimate of drug-likeness (QED) is 0.894. The Kier molecular flexibility index (Phi) is 3.08. The first-order chi connectivity index (χ1) is 7.65. The molecule has 0 aliphatic rings. The standard InChI is InChI=1S/C11H11Cl2N3/c1-2-16-6-15-10(11(16)14)7-4-3-5-8(12)9(7)13/h3-6H,2,14H2,1H3. The Labute approximate surface area is 104 Å². The Morgan fingerprint density at radius 1 is 1.38 bits per heavy atom. The number of anilines is 1. The van der Waals surface area contributed by atoms with Crippen LogP contribution in [0.1, 0.15) is 6.92 Å². The fourth-order valence-corrected chi connectivity index (χ4v) is 1.93. The fourth-order valence-electron chi connectivity index (χ4n) is 1.54. The molecule has 1 aromatic carbocycles. The van der Waals surface area contributed by atoms with Crippen molar-refractivity contribution in [2.24, 2.45) is 0 Å². The zero-order valence-electron chi connectivity index (χ0n) is 8.74. The smallest absolute Gasteiger partial charge is 0.131 e. The molecule has 0 saturated heterocycles. The van der Waals surface area contributed by atoms with E-state index in [2.05, 4.69) is 4.98 Å². The molecule has 2 aromatic rings. The third kappa shape index (κ3) is 1.77. The van der Waals surface area contributed by atoms with Crippen LogP contribution in [0.15, 0.2) is 24.5 Å². The van der Waals surface area contributed by atoms with E-state index in [0.717, 1.165) is 12.1 Å². The molecule has 0 aliphatic carbocycles. The lowest BCUT2D eigenvalue weighted by molar-refractivity contribution is 0.771. The molecular formula is C11H11Cl2N3. The van der Waals surface area contributed by atoms with Gasteiger partial charge in [0.15, 0.2) is 0 Å². The number of nitrogen functional groups attached to an aromatic ring is 1. The molecule has 0 amide bonds. The molecule has 0 atom stereocenters. The Hall–Kier alpha value is -1.19. The van der Waals surface area contributed by atoms with Gasteiger partial charge in [-0.3, -0.25) is 0 Å². The first kappa shape index (κ1) is 11.3. The highest BCUT2D eigenvalue weighted by Crippen LogP contribution is 2.35. The molecule has 1 heterocycles. The molecule has 3 nitrogen and oxygen atoms in total. The van der Waals surface area contributed by atoms with E-state index in [1.807, 2.05) is 23.6 Å². The van der Waals surface area contributed by atoms with Crippen molar-refractivity contribution in [3.63, 3.8) is 0 Å². The largest absolute Gasteiger partial charge is 0.383 e. The summed E-state index contributed by atoms with van der Waals surface area (Å²) in [5.74, 6) is 0.603. The predicted octanol–water partition coefficient (Wildman–Crippen LogP) is 3.46. The van der Waals surface area contributed by atoms with Crippen molar-refractivity contribution >= 4 is 29.0 Å². The molecule has 0 spiro atoms. The second-order valence-electron chi connectivity index (χ2n) is 3.37. The average molecular weight is 256 g/mol. The van der Waals surface area contributed by atoms with E-state index in [4.69, 9.17) is 28.9 Å². The molecular weight excluding hydrogens is 245 g/mol. The van der Waals surface area contributed by atoms with Gasteiger partial charge in [0, 0.05) is 12.1 Å². The van der Waals surface area contributed by atoms with Crippen molar-refractivity contribution < 1.29 is 0 Å². The van der Waals surface area contributed by atoms with Gasteiger partial charge >= 0.3 is 0 Å². The number of aryl methyl sites for hydroxylation is 1. The summed E-state index contributed by atoms with van der Waals surface area (Å²) in [6.45, 7) is 2.78. The van der Waals surface area contributed by atoms with E-state index in [1.165, 1.54) is 0 Å². The van der Waals surface area contributed by atoms with Crippen LogP contribution in [0.25, 0.3) is 11.3 Å². The van der Waals surface area contributed by atoms with Gasteiger partial charge in [-0.15, -0.1) is 0 Å². The number of hydrogen-bond donors (Lipinski definition) is 1. The van der Waals surface area contributed by atoms with Crippen molar-refractivity contribution in [2.45, 2.75) is 13.5 Å². The zero-order chi connectivity index (χ0) is 11.7. The van der Waals surface area contributed by atoms with Crippen molar-refractivity contribution in [3.05, 3.63) is 34.6 Å². The molecule has 2 rings (SSSR count). The summed E-state index contributed by atoms with van der Waals surface area (Å²) in [6, 6.07) is 5.42. The van der Waals surface area contributed by atoms with Crippen LogP contribution >= 0.6 is 23.2 Å². The highest BCUT2D eigenvalue weighted by atomic mass is 35.5. The Balaban J connectivity index is 2.59. The first-order valence-electron chi connectivity index (χ1n) is 4.90. The van der Waals surface area contributed by atoms with Gasteiger partial charge in [-0.05, 0) is 13.0 Å². The number of nitrogens with zero attached hydrogens (tertiary/aromatic N) is 2. The Morgan fingerprint density at radius 3 is 2.75 bits per heavy atom. The lowest BCUT2D eigenvalue weighted by Gasteiger charge is -2.05. The molecule has 84 valence electrons. The Bertz CT molecular complexity index is 520. The van der Waals surface area contributed by atoms with Gasteiger partial charge in [0.1, 0.15) is 11.5 Å². The first-order valence-corrected chi connectivity index (χ1v) is 5.65. The minimum absolute atomic E-state index is 0.484. The number of rotatable bonds is 2. The van der Waals surface area contributed by atoms with Crippen LogP contribution in [0, 0.1) is 0 Å². The molecule has 0 unspecified atom stereocenters. The Morgan fingerprint density at radius 2 is 2.12 bits per heavy atom. The molecule has 5 heteroatoms. The van der Waals surface area contributed by atoms with Gasteiger partial charge in [-0.1, -0.05) is 35.3 Å². The maximum absolute atomic E-state index is 6.12. The van der Waals surface area contributed by atoms with E-state index in [1.54, 1.807) is 12.4 Å². The van der Waals surface area contributed by atoms with E-state index in [0.29, 0.717) is 21.6 Å². The van der Waals surface area contributed by atoms with E-state index >= 15 is 0 Å². The van der Waals surface area contributed by atoms with Crippen LogP contribution < -0.4 is 5.73 Å². The van der Waals surface area contributed by atoms with Crippen molar-refractivity contribution in [3.8, 4) is 11.3 Å². The van der Waals surface area contributed by atoms with Crippen LogP contribution in [0.4, 0.5) is 5.82 Å². The van der Waals surface area contributed by atoms with Crippen LogP contribution in [0.2, 0.25) is 10.0 Å². The van der Waals surface area contributed by atoms with Crippen molar-refractivity contribution in [2.75, 3.05) is 5.73 Å². The summed E-state index contributed by atoms with van der Waals surface area (Å²) < 4.78 is 1.85. The van der Waals surface area contributed by atoms with Gasteiger partial charge in [-0.25, -0.2) is 4.98 Å². The summed E-state index contributed by atoms with van der Waals surface area (Å²) in [5.41, 5.74) is 7.40. The van der Waals surface area contributed by atoms with Gasteiger partial charge in [-0.2, -0.15) is 0 Å². The zero-order valence-corrected chi connectivity index (χ0v) is 10.3. The number of nitrogens with two attached hydrogens (primary N) is 1. The lowest BCUT2D eigenvalue weighted by Crippen LogP contribution is -1.99. The number of imidazole rings is 1. The highest BCUT2D eigenvalue weighted by Gasteiger charge is 2.13. The summed E-state index contributed by atoms with van der Waals surface area (Å²) in [7, 11) is 0. The normalized spacial score (nSPS) is 10.7. The fraction of sp³-hybridized carbons (Fsp3) is 0.182. The summed E-state index contributed by atoms with van der Waals surface area (Å²) in [4.78, 5) is 4.25. The van der Waals surface area contributed by atoms with E-state index in [9.17, 15) is 0 Å². The second-order valence-corrected chi connectivity index (χ2v) is 4.15. The van der Waals surface area contributed by atoms with Crippen LogP contribution in [-0.2, 0) is 6.54 Å². The predicted molar refractivity (Wildman–Crippen MR) is 67.8 cm³/mol. The second kappa shape index (κ2) is 4.36. The van der Waals surface area contributed by atoms with Crippen LogP contribution in [0.5, 0.6) is 0 Å². The van der Waals surface area contributed by atoms with E-state index < -0.39 is 0 Å². The molecule has 1 aromatic heterocycles. The summed E-state index contributed by atoms with van der Waals surface area (Å²) >= 11 is 12.1. The maximum atomic E-state index is 6.12. The van der Waals surface area contributed by atoms with Crippen LogP contribution in [0.3, 0.4) is 0 Å². The van der Waals surface area contributed by atoms with E-state index in [-0.39, 0.29) is 0 Å². The monoisotopic (exact) mass is 255 g/mol. The molecule has 0 bridgehead atoms. The molecule has 16 heavy (non-hydrogen) atoms. The summed E-state index contributed by atoms with van der Waals surface area (Å²) in [6.07, 6.45) is 1.70. The number of aromatic nitrogens is 2. The minimum Gasteiger partial charge on any atom is -0.383 e. The average Bonchev–Trinajstić information content (AvgIpc) is 2.64. The summed E-state index contributed by atoms with van der Waals surface area (Å²) in [5, 5.41) is 0.988. The number of hydrogen-bond acceptors (Lipinski definition) is 2. The van der Waals surface area contributed by atoms with Crippen LogP contribution in [-0.4, -0.2) is 9.55 Å². The third-order valence-corrected chi connectivity index (χ3v) is 3.24. The van der Waals surface area contributed by atoms with Crippen molar-refractivity contribution in [1.29, 1.82) is 0 Å². The van der Waals surface area contributed by atoms with Crippen molar-refractivity contribution in [1.82, 2.24) is 9.55 Å². The third-order valence-electron chi connectivity index (χ3n) is 2.43. The topological polar surface area (TPSA) is 43.8 Å². The lowest BCUT2D eigenvalue weighted by atomic mass is 10.1. The molecule has 0 aliphatic heterocycles. The molecule has 2 N–H and O–H groups in total. The maximum Gasteiger partial charge on any atom is 0.131 e. The van der Waals surface area contributed by atoms with Gasteiger partial charge < -0.3 is 10.3 Å². The minimum atomic E-state index is 0.484. The van der Waals surface area contributed by atoms with Gasteiger partial charge in [0.05, 0.1) is 16.4 Å². The number of halogens is 2.